The van der Waals surface area contributed by atoms with Crippen LogP contribution in [0, 0.1) is 19.8 Å². The van der Waals surface area contributed by atoms with Gasteiger partial charge in [-0.05, 0) is 68.4 Å². The summed E-state index contributed by atoms with van der Waals surface area (Å²) in [5, 5.41) is 0. The molecule has 2 fully saturated rings. The zero-order valence-electron chi connectivity index (χ0n) is 13.7. The minimum Gasteiger partial charge on any atom is -0.335 e. The van der Waals surface area contributed by atoms with Crippen LogP contribution >= 0.6 is 0 Å². The lowest BCUT2D eigenvalue weighted by molar-refractivity contribution is 0.0704. The van der Waals surface area contributed by atoms with Gasteiger partial charge in [-0.25, -0.2) is 0 Å². The fourth-order valence-electron chi connectivity index (χ4n) is 4.02. The second-order valence-corrected chi connectivity index (χ2v) is 6.99. The summed E-state index contributed by atoms with van der Waals surface area (Å²) >= 11 is 0. The van der Waals surface area contributed by atoms with Crippen molar-refractivity contribution >= 4 is 5.91 Å². The standard InChI is InChI=1S/C20H22N2O/c1-13-5-7-16(10-14(13)2)19-18(4-3-9-21-19)20(23)22-12-15-6-8-17(22)11-15/h3-5,7,9-10,15,17H,6,8,11-12H2,1-2H3. The molecule has 1 aromatic heterocycles. The summed E-state index contributed by atoms with van der Waals surface area (Å²) in [7, 11) is 0. The van der Waals surface area contributed by atoms with Crippen LogP contribution in [0.1, 0.15) is 40.7 Å². The molecule has 1 aliphatic heterocycles. The first-order valence-corrected chi connectivity index (χ1v) is 8.47. The van der Waals surface area contributed by atoms with Gasteiger partial charge in [-0.1, -0.05) is 12.1 Å². The number of hydrogen-bond acceptors (Lipinski definition) is 2. The van der Waals surface area contributed by atoms with Crippen LogP contribution in [0.25, 0.3) is 11.3 Å². The van der Waals surface area contributed by atoms with E-state index in [1.54, 1.807) is 6.20 Å². The van der Waals surface area contributed by atoms with E-state index in [1.807, 2.05) is 12.1 Å². The van der Waals surface area contributed by atoms with E-state index in [0.717, 1.165) is 29.8 Å². The van der Waals surface area contributed by atoms with Gasteiger partial charge in [0.25, 0.3) is 5.91 Å². The largest absolute Gasteiger partial charge is 0.335 e. The van der Waals surface area contributed by atoms with E-state index in [4.69, 9.17) is 0 Å². The van der Waals surface area contributed by atoms with Crippen LogP contribution in [0.4, 0.5) is 0 Å². The number of pyridine rings is 1. The monoisotopic (exact) mass is 306 g/mol. The Labute approximate surface area is 137 Å². The third-order valence-corrected chi connectivity index (χ3v) is 5.49. The summed E-state index contributed by atoms with van der Waals surface area (Å²) < 4.78 is 0. The molecule has 1 saturated carbocycles. The van der Waals surface area contributed by atoms with E-state index in [2.05, 4.69) is 41.9 Å². The fraction of sp³-hybridized carbons (Fsp3) is 0.400. The molecule has 1 saturated heterocycles. The van der Waals surface area contributed by atoms with Crippen LogP contribution in [0.5, 0.6) is 0 Å². The van der Waals surface area contributed by atoms with Gasteiger partial charge < -0.3 is 4.90 Å². The number of hydrogen-bond donors (Lipinski definition) is 0. The number of aryl methyl sites for hydroxylation is 2. The number of benzene rings is 1. The summed E-state index contributed by atoms with van der Waals surface area (Å²) in [5.41, 5.74) is 5.06. The molecule has 2 atom stereocenters. The Balaban J connectivity index is 1.72. The molecule has 1 aliphatic carbocycles. The van der Waals surface area contributed by atoms with E-state index < -0.39 is 0 Å². The zero-order chi connectivity index (χ0) is 16.0. The minimum absolute atomic E-state index is 0.151. The Morgan fingerprint density at radius 3 is 2.74 bits per heavy atom. The van der Waals surface area contributed by atoms with Crippen molar-refractivity contribution in [2.24, 2.45) is 5.92 Å². The number of likely N-dealkylation sites (tertiary alicyclic amines) is 1. The van der Waals surface area contributed by atoms with Crippen LogP contribution in [-0.4, -0.2) is 28.4 Å². The molecular formula is C20H22N2O. The van der Waals surface area contributed by atoms with Crippen molar-refractivity contribution in [3.8, 4) is 11.3 Å². The van der Waals surface area contributed by atoms with E-state index in [0.29, 0.717) is 12.0 Å². The lowest BCUT2D eigenvalue weighted by Gasteiger charge is -2.27. The minimum atomic E-state index is 0.151. The van der Waals surface area contributed by atoms with E-state index >= 15 is 0 Å². The molecule has 2 unspecified atom stereocenters. The molecule has 118 valence electrons. The number of nitrogens with zero attached hydrogens (tertiary/aromatic N) is 2. The lowest BCUT2D eigenvalue weighted by Crippen LogP contribution is -2.37. The lowest BCUT2D eigenvalue weighted by atomic mass is 10.00. The number of aromatic nitrogens is 1. The fourth-order valence-corrected chi connectivity index (χ4v) is 4.02. The molecule has 0 radical (unpaired) electrons. The van der Waals surface area contributed by atoms with Gasteiger partial charge in [0.05, 0.1) is 11.3 Å². The summed E-state index contributed by atoms with van der Waals surface area (Å²) in [6, 6.07) is 10.5. The maximum Gasteiger partial charge on any atom is 0.256 e. The molecule has 3 heteroatoms. The first-order valence-electron chi connectivity index (χ1n) is 8.47. The predicted octanol–water partition coefficient (Wildman–Crippen LogP) is 3.99. The first kappa shape index (κ1) is 14.4. The normalized spacial score (nSPS) is 22.6. The maximum absolute atomic E-state index is 13.1. The van der Waals surface area contributed by atoms with E-state index in [9.17, 15) is 4.79 Å². The smallest absolute Gasteiger partial charge is 0.256 e. The van der Waals surface area contributed by atoms with Crippen LogP contribution < -0.4 is 0 Å². The molecule has 2 aliphatic rings. The summed E-state index contributed by atoms with van der Waals surface area (Å²) in [4.78, 5) is 19.7. The van der Waals surface area contributed by atoms with Crippen molar-refractivity contribution in [2.45, 2.75) is 39.2 Å². The molecule has 0 N–H and O–H groups in total. The van der Waals surface area contributed by atoms with E-state index in [-0.39, 0.29) is 5.91 Å². The van der Waals surface area contributed by atoms with Crippen molar-refractivity contribution in [3.05, 3.63) is 53.2 Å². The molecule has 2 bridgehead atoms. The Kier molecular flexibility index (Phi) is 3.44. The van der Waals surface area contributed by atoms with Crippen molar-refractivity contribution < 1.29 is 4.79 Å². The highest BCUT2D eigenvalue weighted by molar-refractivity contribution is 6.00. The second-order valence-electron chi connectivity index (χ2n) is 6.99. The van der Waals surface area contributed by atoms with Gasteiger partial charge in [0.15, 0.2) is 0 Å². The average Bonchev–Trinajstić information content (AvgIpc) is 3.20. The highest BCUT2D eigenvalue weighted by atomic mass is 16.2. The maximum atomic E-state index is 13.1. The molecule has 2 aromatic rings. The number of piperidine rings is 1. The number of carbonyl (C=O) groups is 1. The molecule has 4 rings (SSSR count). The van der Waals surface area contributed by atoms with Crippen LogP contribution in [0.15, 0.2) is 36.5 Å². The van der Waals surface area contributed by atoms with Crippen molar-refractivity contribution in [3.63, 3.8) is 0 Å². The van der Waals surface area contributed by atoms with Crippen LogP contribution in [-0.2, 0) is 0 Å². The summed E-state index contributed by atoms with van der Waals surface area (Å²) in [5.74, 6) is 0.865. The Hall–Kier alpha value is -2.16. The molecular weight excluding hydrogens is 284 g/mol. The van der Waals surface area contributed by atoms with Crippen LogP contribution in [0.3, 0.4) is 0 Å². The third kappa shape index (κ3) is 2.44. The third-order valence-electron chi connectivity index (χ3n) is 5.49. The molecule has 1 amide bonds. The quantitative estimate of drug-likeness (QED) is 0.840. The second kappa shape index (κ2) is 5.48. The first-order chi connectivity index (χ1) is 11.1. The van der Waals surface area contributed by atoms with Gasteiger partial charge >= 0.3 is 0 Å². The number of carbonyl (C=O) groups excluding carboxylic acids is 1. The Morgan fingerprint density at radius 2 is 2.04 bits per heavy atom. The van der Waals surface area contributed by atoms with Crippen molar-refractivity contribution in [2.75, 3.05) is 6.54 Å². The highest BCUT2D eigenvalue weighted by Gasteiger charge is 2.40. The molecule has 0 spiro atoms. The highest BCUT2D eigenvalue weighted by Crippen LogP contribution is 2.38. The summed E-state index contributed by atoms with van der Waals surface area (Å²) in [6.07, 6.45) is 5.41. The van der Waals surface area contributed by atoms with Gasteiger partial charge in [0.1, 0.15) is 0 Å². The van der Waals surface area contributed by atoms with Crippen molar-refractivity contribution in [1.82, 2.24) is 9.88 Å². The van der Waals surface area contributed by atoms with Gasteiger partial charge in [0.2, 0.25) is 0 Å². The number of rotatable bonds is 2. The summed E-state index contributed by atoms with van der Waals surface area (Å²) in [6.45, 7) is 5.12. The topological polar surface area (TPSA) is 33.2 Å². The predicted molar refractivity (Wildman–Crippen MR) is 91.3 cm³/mol. The molecule has 3 nitrogen and oxygen atoms in total. The number of amides is 1. The van der Waals surface area contributed by atoms with Gasteiger partial charge in [0, 0.05) is 24.3 Å². The molecule has 2 heterocycles. The van der Waals surface area contributed by atoms with E-state index in [1.165, 1.54) is 24.0 Å². The average molecular weight is 306 g/mol. The Bertz CT molecular complexity index is 768. The van der Waals surface area contributed by atoms with Crippen molar-refractivity contribution in [1.29, 1.82) is 0 Å². The molecule has 23 heavy (non-hydrogen) atoms. The van der Waals surface area contributed by atoms with Crippen LogP contribution in [0.2, 0.25) is 0 Å². The SMILES string of the molecule is Cc1ccc(-c2ncccc2C(=O)N2CC3CCC2C3)cc1C. The molecule has 1 aromatic carbocycles. The van der Waals surface area contributed by atoms with Gasteiger partial charge in [-0.15, -0.1) is 0 Å². The van der Waals surface area contributed by atoms with Gasteiger partial charge in [-0.2, -0.15) is 0 Å². The number of fused-ring (bicyclic) bond motifs is 2. The Morgan fingerprint density at radius 1 is 1.17 bits per heavy atom. The zero-order valence-corrected chi connectivity index (χ0v) is 13.7. The van der Waals surface area contributed by atoms with Gasteiger partial charge in [-0.3, -0.25) is 9.78 Å².